The Hall–Kier alpha value is -0.420. The van der Waals surface area contributed by atoms with Gasteiger partial charge in [0, 0.05) is 7.05 Å². The second kappa shape index (κ2) is 3.12. The molecule has 0 aliphatic carbocycles. The number of rotatable bonds is 1. The predicted octanol–water partition coefficient (Wildman–Crippen LogP) is 1.27. The first-order valence-electron chi connectivity index (χ1n) is 2.56. The Kier molecular flexibility index (Phi) is 2.39. The molecule has 0 aliphatic rings. The van der Waals surface area contributed by atoms with Crippen molar-refractivity contribution in [3.8, 4) is 0 Å². The van der Waals surface area contributed by atoms with Gasteiger partial charge in [0.25, 0.3) is 5.91 Å². The summed E-state index contributed by atoms with van der Waals surface area (Å²) < 4.78 is 0.608. The first-order chi connectivity index (χ1) is 4.75. The molecule has 0 aromatic carbocycles. The molecule has 0 unspecified atom stereocenters. The lowest BCUT2D eigenvalue weighted by Crippen LogP contribution is -2.16. The summed E-state index contributed by atoms with van der Waals surface area (Å²) in [6.07, 6.45) is 0. The maximum Gasteiger partial charge on any atom is 0.263 e. The van der Waals surface area contributed by atoms with Crippen molar-refractivity contribution in [2.75, 3.05) is 7.05 Å². The molecule has 0 radical (unpaired) electrons. The first-order valence-corrected chi connectivity index (χ1v) is 4.24. The van der Waals surface area contributed by atoms with Gasteiger partial charge in [-0.05, 0) is 15.9 Å². The zero-order chi connectivity index (χ0) is 7.56. The zero-order valence-electron chi connectivity index (χ0n) is 5.22. The molecule has 1 rings (SSSR count). The molecule has 1 amide bonds. The molecule has 0 aliphatic heterocycles. The van der Waals surface area contributed by atoms with Gasteiger partial charge in [-0.15, -0.1) is 11.3 Å². The number of aromatic nitrogens is 1. The number of halogens is 1. The van der Waals surface area contributed by atoms with E-state index in [1.807, 2.05) is 0 Å². The average molecular weight is 221 g/mol. The van der Waals surface area contributed by atoms with Crippen LogP contribution in [0.25, 0.3) is 0 Å². The monoisotopic (exact) mass is 220 g/mol. The van der Waals surface area contributed by atoms with Crippen LogP contribution in [-0.2, 0) is 0 Å². The van der Waals surface area contributed by atoms with E-state index in [-0.39, 0.29) is 5.91 Å². The summed E-state index contributed by atoms with van der Waals surface area (Å²) in [5, 5.41) is 2.51. The lowest BCUT2D eigenvalue weighted by atomic mass is 10.5. The van der Waals surface area contributed by atoms with Crippen molar-refractivity contribution in [2.45, 2.75) is 0 Å². The molecule has 0 atom stereocenters. The molecule has 1 aromatic heterocycles. The fourth-order valence-corrected chi connectivity index (χ4v) is 1.81. The van der Waals surface area contributed by atoms with Gasteiger partial charge in [0.1, 0.15) is 9.48 Å². The van der Waals surface area contributed by atoms with Crippen molar-refractivity contribution in [2.24, 2.45) is 0 Å². The molecule has 1 heterocycles. The van der Waals surface area contributed by atoms with Gasteiger partial charge < -0.3 is 5.32 Å². The highest BCUT2D eigenvalue weighted by Gasteiger charge is 2.09. The highest BCUT2D eigenvalue weighted by atomic mass is 79.9. The van der Waals surface area contributed by atoms with Crippen LogP contribution in [0.1, 0.15) is 9.67 Å². The van der Waals surface area contributed by atoms with Crippen LogP contribution < -0.4 is 5.32 Å². The van der Waals surface area contributed by atoms with Crippen molar-refractivity contribution in [1.82, 2.24) is 10.3 Å². The van der Waals surface area contributed by atoms with E-state index < -0.39 is 0 Å². The second-order valence-electron chi connectivity index (χ2n) is 1.55. The van der Waals surface area contributed by atoms with Crippen LogP contribution in [0.15, 0.2) is 10.1 Å². The van der Waals surface area contributed by atoms with E-state index >= 15 is 0 Å². The summed E-state index contributed by atoms with van der Waals surface area (Å²) >= 11 is 4.46. The van der Waals surface area contributed by atoms with E-state index in [0.717, 1.165) is 0 Å². The highest BCUT2D eigenvalue weighted by Crippen LogP contribution is 2.18. The first kappa shape index (κ1) is 7.68. The topological polar surface area (TPSA) is 42.0 Å². The Morgan fingerprint density at radius 3 is 3.00 bits per heavy atom. The van der Waals surface area contributed by atoms with E-state index in [1.54, 1.807) is 12.6 Å². The molecule has 0 saturated carbocycles. The molecule has 0 saturated heterocycles. The molecule has 0 spiro atoms. The lowest BCUT2D eigenvalue weighted by Gasteiger charge is -1.92. The van der Waals surface area contributed by atoms with Crippen molar-refractivity contribution < 1.29 is 4.79 Å². The smallest absolute Gasteiger partial charge is 0.263 e. The summed E-state index contributed by atoms with van der Waals surface area (Å²) in [6, 6.07) is 0. The molecule has 0 fully saturated rings. The molecule has 0 bridgehead atoms. The molecular formula is C5H5BrN2OS. The molecular weight excluding hydrogens is 216 g/mol. The Morgan fingerprint density at radius 2 is 2.60 bits per heavy atom. The molecule has 1 N–H and O–H groups in total. The number of hydrogen-bond donors (Lipinski definition) is 1. The van der Waals surface area contributed by atoms with Gasteiger partial charge in [-0.3, -0.25) is 4.79 Å². The van der Waals surface area contributed by atoms with Gasteiger partial charge in [-0.2, -0.15) is 0 Å². The SMILES string of the molecule is CNC(=O)c1scnc1Br. The van der Waals surface area contributed by atoms with Crippen molar-refractivity contribution >= 4 is 33.2 Å². The Morgan fingerprint density at radius 1 is 1.90 bits per heavy atom. The van der Waals surface area contributed by atoms with Gasteiger partial charge in [0.05, 0.1) is 5.51 Å². The molecule has 3 nitrogen and oxygen atoms in total. The maximum atomic E-state index is 10.9. The fraction of sp³-hybridized carbons (Fsp3) is 0.200. The van der Waals surface area contributed by atoms with Crippen LogP contribution in [0.4, 0.5) is 0 Å². The third-order valence-corrected chi connectivity index (χ3v) is 2.65. The summed E-state index contributed by atoms with van der Waals surface area (Å²) in [4.78, 5) is 15.4. The second-order valence-corrected chi connectivity index (χ2v) is 3.16. The third kappa shape index (κ3) is 1.35. The fourth-order valence-electron chi connectivity index (χ4n) is 0.493. The van der Waals surface area contributed by atoms with Crippen molar-refractivity contribution in [1.29, 1.82) is 0 Å². The summed E-state index contributed by atoms with van der Waals surface area (Å²) in [6.45, 7) is 0. The van der Waals surface area contributed by atoms with Crippen LogP contribution in [-0.4, -0.2) is 17.9 Å². The number of carbonyl (C=O) groups excluding carboxylic acids is 1. The van der Waals surface area contributed by atoms with E-state index in [0.29, 0.717) is 9.48 Å². The number of nitrogens with zero attached hydrogens (tertiary/aromatic N) is 1. The van der Waals surface area contributed by atoms with E-state index in [4.69, 9.17) is 0 Å². The third-order valence-electron chi connectivity index (χ3n) is 0.957. The number of nitrogens with one attached hydrogen (secondary N) is 1. The molecule has 10 heavy (non-hydrogen) atoms. The lowest BCUT2D eigenvalue weighted by molar-refractivity contribution is 0.0966. The zero-order valence-corrected chi connectivity index (χ0v) is 7.62. The van der Waals surface area contributed by atoms with Gasteiger partial charge in [-0.1, -0.05) is 0 Å². The number of thiazole rings is 1. The van der Waals surface area contributed by atoms with Gasteiger partial charge in [0.15, 0.2) is 0 Å². The average Bonchev–Trinajstić information content (AvgIpc) is 2.34. The van der Waals surface area contributed by atoms with Gasteiger partial charge >= 0.3 is 0 Å². The quantitative estimate of drug-likeness (QED) is 0.775. The molecule has 5 heteroatoms. The minimum Gasteiger partial charge on any atom is -0.354 e. The molecule has 1 aromatic rings. The Balaban J connectivity index is 2.93. The van der Waals surface area contributed by atoms with Crippen LogP contribution in [0.5, 0.6) is 0 Å². The van der Waals surface area contributed by atoms with E-state index in [1.165, 1.54) is 11.3 Å². The maximum absolute atomic E-state index is 10.9. The largest absolute Gasteiger partial charge is 0.354 e. The van der Waals surface area contributed by atoms with Crippen LogP contribution in [0.3, 0.4) is 0 Å². The highest BCUT2D eigenvalue weighted by molar-refractivity contribution is 9.10. The van der Waals surface area contributed by atoms with Gasteiger partial charge in [-0.25, -0.2) is 4.98 Å². The number of amides is 1. The summed E-state index contributed by atoms with van der Waals surface area (Å²) in [5.74, 6) is -0.102. The van der Waals surface area contributed by atoms with Crippen LogP contribution in [0.2, 0.25) is 0 Å². The van der Waals surface area contributed by atoms with Gasteiger partial charge in [0.2, 0.25) is 0 Å². The number of hydrogen-bond acceptors (Lipinski definition) is 3. The summed E-state index contributed by atoms with van der Waals surface area (Å²) in [5.41, 5.74) is 1.62. The summed E-state index contributed by atoms with van der Waals surface area (Å²) in [7, 11) is 1.59. The van der Waals surface area contributed by atoms with E-state index in [9.17, 15) is 4.79 Å². The molecule has 54 valence electrons. The van der Waals surface area contributed by atoms with Crippen LogP contribution >= 0.6 is 27.3 Å². The number of carbonyl (C=O) groups is 1. The normalized spacial score (nSPS) is 9.40. The van der Waals surface area contributed by atoms with Crippen molar-refractivity contribution in [3.05, 3.63) is 15.0 Å². The Labute approximate surface area is 70.6 Å². The minimum absolute atomic E-state index is 0.102. The Bertz CT molecular complexity index is 248. The van der Waals surface area contributed by atoms with Crippen LogP contribution in [0, 0.1) is 0 Å². The predicted molar refractivity (Wildman–Crippen MR) is 43.2 cm³/mol. The standard InChI is InChI=1S/C5H5BrN2OS/c1-7-5(9)3-4(6)8-2-10-3/h2H,1H3,(H,7,9). The van der Waals surface area contributed by atoms with Crippen molar-refractivity contribution in [3.63, 3.8) is 0 Å². The van der Waals surface area contributed by atoms with E-state index in [2.05, 4.69) is 26.2 Å². The minimum atomic E-state index is -0.102.